The zero-order valence-electron chi connectivity index (χ0n) is 13.7. The van der Waals surface area contributed by atoms with Gasteiger partial charge in [-0.25, -0.2) is 0 Å². The van der Waals surface area contributed by atoms with E-state index < -0.39 is 23.6 Å². The standard InChI is InChI=1S/C18H23NO4/c1-18(2)22-16(20)14(17(21)23-18)15(13-9-5-3-6-10-13)19-11-7-4-8-12-19/h3,5-6,9-10,14-15H,4,7-8,11-12H2,1-2H3. The van der Waals surface area contributed by atoms with E-state index in [9.17, 15) is 9.59 Å². The van der Waals surface area contributed by atoms with Crippen molar-refractivity contribution in [3.63, 3.8) is 0 Å². The minimum absolute atomic E-state index is 0.326. The molecule has 0 saturated carbocycles. The van der Waals surface area contributed by atoms with Crippen LogP contribution in [0, 0.1) is 5.92 Å². The summed E-state index contributed by atoms with van der Waals surface area (Å²) in [5, 5.41) is 0. The van der Waals surface area contributed by atoms with E-state index in [1.807, 2.05) is 30.3 Å². The number of likely N-dealkylation sites (tertiary alicyclic amines) is 1. The minimum atomic E-state index is -1.19. The molecule has 2 heterocycles. The lowest BCUT2D eigenvalue weighted by Crippen LogP contribution is -2.52. The Hall–Kier alpha value is -1.88. The van der Waals surface area contributed by atoms with Crippen LogP contribution in [0.1, 0.15) is 44.7 Å². The number of carbonyl (C=O) groups excluding carboxylic acids is 2. The average molecular weight is 317 g/mol. The van der Waals surface area contributed by atoms with Crippen molar-refractivity contribution in [3.8, 4) is 0 Å². The van der Waals surface area contributed by atoms with Gasteiger partial charge in [0.2, 0.25) is 0 Å². The third-order valence-electron chi connectivity index (χ3n) is 4.44. The maximum Gasteiger partial charge on any atom is 0.325 e. The average Bonchev–Trinajstić information content (AvgIpc) is 2.51. The number of ether oxygens (including phenoxy) is 2. The number of hydrogen-bond acceptors (Lipinski definition) is 5. The van der Waals surface area contributed by atoms with Crippen LogP contribution in [0.25, 0.3) is 0 Å². The number of benzene rings is 1. The van der Waals surface area contributed by atoms with Crippen LogP contribution in [-0.2, 0) is 19.1 Å². The normalized spacial score (nSPS) is 23.9. The first-order valence-electron chi connectivity index (χ1n) is 8.23. The van der Waals surface area contributed by atoms with Gasteiger partial charge in [0.25, 0.3) is 5.79 Å². The third-order valence-corrected chi connectivity index (χ3v) is 4.44. The Morgan fingerprint density at radius 3 is 2.13 bits per heavy atom. The molecule has 0 bridgehead atoms. The van der Waals surface area contributed by atoms with E-state index in [2.05, 4.69) is 4.90 Å². The lowest BCUT2D eigenvalue weighted by molar-refractivity contribution is -0.243. The highest BCUT2D eigenvalue weighted by molar-refractivity contribution is 5.97. The molecular weight excluding hydrogens is 294 g/mol. The van der Waals surface area contributed by atoms with E-state index in [0.29, 0.717) is 0 Å². The van der Waals surface area contributed by atoms with Crippen molar-refractivity contribution >= 4 is 11.9 Å². The number of carbonyl (C=O) groups is 2. The first-order valence-corrected chi connectivity index (χ1v) is 8.23. The second-order valence-corrected chi connectivity index (χ2v) is 6.67. The van der Waals surface area contributed by atoms with Gasteiger partial charge in [-0.05, 0) is 31.5 Å². The van der Waals surface area contributed by atoms with E-state index in [0.717, 1.165) is 31.5 Å². The first kappa shape index (κ1) is 16.0. The fraction of sp³-hybridized carbons (Fsp3) is 0.556. The fourth-order valence-electron chi connectivity index (χ4n) is 3.45. The van der Waals surface area contributed by atoms with Gasteiger partial charge in [-0.15, -0.1) is 0 Å². The summed E-state index contributed by atoms with van der Waals surface area (Å²) >= 11 is 0. The van der Waals surface area contributed by atoms with Crippen molar-refractivity contribution in [2.24, 2.45) is 5.92 Å². The number of nitrogens with zero attached hydrogens (tertiary/aromatic N) is 1. The van der Waals surface area contributed by atoms with Crippen LogP contribution in [0.2, 0.25) is 0 Å². The predicted molar refractivity (Wildman–Crippen MR) is 84.4 cm³/mol. The lowest BCUT2D eigenvalue weighted by Gasteiger charge is -2.41. The molecule has 1 atom stereocenters. The monoisotopic (exact) mass is 317 g/mol. The topological polar surface area (TPSA) is 55.8 Å². The SMILES string of the molecule is CC1(C)OC(=O)C(C(c2ccccc2)N2CCCCC2)C(=O)O1. The van der Waals surface area contributed by atoms with E-state index in [1.165, 1.54) is 6.42 Å². The number of esters is 2. The van der Waals surface area contributed by atoms with E-state index in [-0.39, 0.29) is 6.04 Å². The Morgan fingerprint density at radius 2 is 1.57 bits per heavy atom. The molecule has 5 nitrogen and oxygen atoms in total. The first-order chi connectivity index (χ1) is 11.0. The maximum atomic E-state index is 12.5. The molecule has 0 aromatic heterocycles. The molecule has 1 aromatic rings. The molecule has 5 heteroatoms. The Kier molecular flexibility index (Phi) is 4.39. The largest absolute Gasteiger partial charge is 0.422 e. The lowest BCUT2D eigenvalue weighted by atomic mass is 9.89. The molecule has 0 radical (unpaired) electrons. The summed E-state index contributed by atoms with van der Waals surface area (Å²) in [5.41, 5.74) is 0.952. The Morgan fingerprint density at radius 1 is 1.00 bits per heavy atom. The summed E-state index contributed by atoms with van der Waals surface area (Å²) in [4.78, 5) is 27.3. The molecule has 3 rings (SSSR count). The van der Waals surface area contributed by atoms with Crippen LogP contribution in [0.15, 0.2) is 30.3 Å². The van der Waals surface area contributed by atoms with Crippen LogP contribution < -0.4 is 0 Å². The Bertz CT molecular complexity index is 558. The van der Waals surface area contributed by atoms with E-state index in [4.69, 9.17) is 9.47 Å². The maximum absolute atomic E-state index is 12.5. The molecule has 1 unspecified atom stereocenters. The van der Waals surface area contributed by atoms with Crippen molar-refractivity contribution in [1.29, 1.82) is 0 Å². The number of cyclic esters (lactones) is 2. The molecule has 1 aromatic carbocycles. The van der Waals surface area contributed by atoms with Crippen LogP contribution in [-0.4, -0.2) is 35.7 Å². The molecule has 0 aliphatic carbocycles. The van der Waals surface area contributed by atoms with Gasteiger partial charge in [-0.1, -0.05) is 36.8 Å². The second-order valence-electron chi connectivity index (χ2n) is 6.67. The van der Waals surface area contributed by atoms with Crippen LogP contribution in [0.5, 0.6) is 0 Å². The van der Waals surface area contributed by atoms with Gasteiger partial charge in [-0.2, -0.15) is 0 Å². The minimum Gasteiger partial charge on any atom is -0.422 e. The van der Waals surface area contributed by atoms with E-state index >= 15 is 0 Å². The molecule has 2 saturated heterocycles. The zero-order chi connectivity index (χ0) is 16.4. The number of hydrogen-bond donors (Lipinski definition) is 0. The van der Waals surface area contributed by atoms with Gasteiger partial charge < -0.3 is 9.47 Å². The van der Waals surface area contributed by atoms with Gasteiger partial charge in [0.05, 0.1) is 6.04 Å². The van der Waals surface area contributed by atoms with E-state index in [1.54, 1.807) is 13.8 Å². The van der Waals surface area contributed by atoms with Crippen molar-refractivity contribution < 1.29 is 19.1 Å². The molecule has 23 heavy (non-hydrogen) atoms. The fourth-order valence-corrected chi connectivity index (χ4v) is 3.45. The van der Waals surface area contributed by atoms with Crippen molar-refractivity contribution in [3.05, 3.63) is 35.9 Å². The zero-order valence-corrected chi connectivity index (χ0v) is 13.7. The molecule has 0 N–H and O–H groups in total. The second kappa shape index (κ2) is 6.32. The van der Waals surface area contributed by atoms with Crippen molar-refractivity contribution in [2.75, 3.05) is 13.1 Å². The molecule has 0 spiro atoms. The van der Waals surface area contributed by atoms with Gasteiger partial charge in [0.15, 0.2) is 5.92 Å². The Labute approximate surface area is 136 Å². The summed E-state index contributed by atoms with van der Waals surface area (Å²) in [6, 6.07) is 9.37. The van der Waals surface area contributed by atoms with Gasteiger partial charge >= 0.3 is 11.9 Å². The van der Waals surface area contributed by atoms with Crippen molar-refractivity contribution in [2.45, 2.75) is 44.9 Å². The quantitative estimate of drug-likeness (QED) is 0.634. The highest BCUT2D eigenvalue weighted by atomic mass is 16.7. The molecule has 2 aliphatic heterocycles. The number of piperidine rings is 1. The molecular formula is C18H23NO4. The summed E-state index contributed by atoms with van der Waals surface area (Å²) in [6.45, 7) is 4.91. The third kappa shape index (κ3) is 3.39. The molecule has 124 valence electrons. The summed E-state index contributed by atoms with van der Waals surface area (Å²) in [6.07, 6.45) is 3.34. The van der Waals surface area contributed by atoms with Gasteiger partial charge in [-0.3, -0.25) is 14.5 Å². The van der Waals surface area contributed by atoms with Crippen LogP contribution >= 0.6 is 0 Å². The smallest absolute Gasteiger partial charge is 0.325 e. The van der Waals surface area contributed by atoms with Crippen LogP contribution in [0.3, 0.4) is 0 Å². The van der Waals surface area contributed by atoms with Gasteiger partial charge in [0.1, 0.15) is 0 Å². The summed E-state index contributed by atoms with van der Waals surface area (Å²) in [5.74, 6) is -3.10. The van der Waals surface area contributed by atoms with Gasteiger partial charge in [0, 0.05) is 13.8 Å². The molecule has 2 aliphatic rings. The van der Waals surface area contributed by atoms with Crippen LogP contribution in [0.4, 0.5) is 0 Å². The highest BCUT2D eigenvalue weighted by Gasteiger charge is 2.49. The Balaban J connectivity index is 1.94. The highest BCUT2D eigenvalue weighted by Crippen LogP contribution is 2.37. The molecule has 2 fully saturated rings. The predicted octanol–water partition coefficient (Wildman–Crippen LogP) is 2.67. The van der Waals surface area contributed by atoms with Crippen molar-refractivity contribution in [1.82, 2.24) is 4.90 Å². The summed E-state index contributed by atoms with van der Waals surface area (Å²) < 4.78 is 10.7. The number of rotatable bonds is 3. The molecule has 0 amide bonds. The summed E-state index contributed by atoms with van der Waals surface area (Å²) in [7, 11) is 0.